The van der Waals surface area contributed by atoms with E-state index in [1.165, 1.54) is 12.1 Å². The molecule has 0 saturated heterocycles. The zero-order valence-corrected chi connectivity index (χ0v) is 11.3. The lowest BCUT2D eigenvalue weighted by Gasteiger charge is -2.06. The fourth-order valence-corrected chi connectivity index (χ4v) is 2.39. The first kappa shape index (κ1) is 12.9. The summed E-state index contributed by atoms with van der Waals surface area (Å²) in [4.78, 5) is 0. The lowest BCUT2D eigenvalue weighted by molar-refractivity contribution is 0.150. The Bertz CT molecular complexity index is 760. The lowest BCUT2D eigenvalue weighted by Crippen LogP contribution is -2.03. The van der Waals surface area contributed by atoms with E-state index >= 15 is 0 Å². The number of aliphatic hydroxyl groups is 1. The Morgan fingerprint density at radius 3 is 2.90 bits per heavy atom. The molecular weight excluding hydrogens is 259 g/mol. The fourth-order valence-electron chi connectivity index (χ4n) is 2.39. The molecule has 0 radical (unpaired) electrons. The van der Waals surface area contributed by atoms with Crippen molar-refractivity contribution in [3.63, 3.8) is 0 Å². The van der Waals surface area contributed by atoms with Crippen molar-refractivity contribution in [2.24, 2.45) is 7.05 Å². The van der Waals surface area contributed by atoms with Gasteiger partial charge in [0.1, 0.15) is 23.3 Å². The summed E-state index contributed by atoms with van der Waals surface area (Å²) in [6.45, 7) is 1.82. The van der Waals surface area contributed by atoms with Gasteiger partial charge >= 0.3 is 0 Å². The van der Waals surface area contributed by atoms with Gasteiger partial charge in [-0.15, -0.1) is 0 Å². The van der Waals surface area contributed by atoms with E-state index in [-0.39, 0.29) is 5.82 Å². The average Bonchev–Trinajstić information content (AvgIpc) is 2.94. The normalized spacial score (nSPS) is 13.0. The maximum absolute atomic E-state index is 13.3. The molecular formula is C15H15FN2O2. The smallest absolute Gasteiger partial charge is 0.137 e. The molecule has 5 heteroatoms. The quantitative estimate of drug-likeness (QED) is 0.799. The number of halogens is 1. The van der Waals surface area contributed by atoms with Crippen LogP contribution < -0.4 is 0 Å². The molecule has 1 aromatic carbocycles. The summed E-state index contributed by atoms with van der Waals surface area (Å²) < 4.78 is 20.6. The van der Waals surface area contributed by atoms with Crippen LogP contribution in [0, 0.1) is 12.7 Å². The minimum Gasteiger partial charge on any atom is -0.458 e. The summed E-state index contributed by atoms with van der Waals surface area (Å²) in [7, 11) is 1.82. The highest BCUT2D eigenvalue weighted by molar-refractivity contribution is 5.82. The molecule has 0 aliphatic rings. The number of furan rings is 1. The van der Waals surface area contributed by atoms with Crippen molar-refractivity contribution in [1.29, 1.82) is 0 Å². The van der Waals surface area contributed by atoms with Crippen LogP contribution in [0.1, 0.15) is 23.1 Å². The molecule has 0 bridgehead atoms. The first-order valence-corrected chi connectivity index (χ1v) is 6.39. The number of nitrogens with zero attached hydrogens (tertiary/aromatic N) is 2. The molecule has 104 valence electrons. The summed E-state index contributed by atoms with van der Waals surface area (Å²) in [6.07, 6.45) is 1.40. The third-order valence-electron chi connectivity index (χ3n) is 3.41. The van der Waals surface area contributed by atoms with Crippen molar-refractivity contribution in [2.45, 2.75) is 19.4 Å². The monoisotopic (exact) mass is 274 g/mol. The highest BCUT2D eigenvalue weighted by Gasteiger charge is 2.19. The molecule has 1 N–H and O–H groups in total. The van der Waals surface area contributed by atoms with Gasteiger partial charge in [-0.3, -0.25) is 4.68 Å². The van der Waals surface area contributed by atoms with E-state index in [4.69, 9.17) is 4.42 Å². The molecule has 20 heavy (non-hydrogen) atoms. The van der Waals surface area contributed by atoms with Gasteiger partial charge in [-0.05, 0) is 31.2 Å². The second-order valence-electron chi connectivity index (χ2n) is 4.93. The highest BCUT2D eigenvalue weighted by Crippen LogP contribution is 2.31. The van der Waals surface area contributed by atoms with E-state index in [0.29, 0.717) is 23.2 Å². The summed E-state index contributed by atoms with van der Waals surface area (Å²) in [6, 6.07) is 6.20. The molecule has 1 atom stereocenters. The van der Waals surface area contributed by atoms with Gasteiger partial charge in [-0.1, -0.05) is 0 Å². The Labute approximate surface area is 115 Å². The van der Waals surface area contributed by atoms with Crippen molar-refractivity contribution in [2.75, 3.05) is 0 Å². The topological polar surface area (TPSA) is 51.2 Å². The zero-order chi connectivity index (χ0) is 14.3. The van der Waals surface area contributed by atoms with E-state index in [2.05, 4.69) is 5.10 Å². The van der Waals surface area contributed by atoms with E-state index in [1.807, 2.05) is 26.2 Å². The summed E-state index contributed by atoms with van der Waals surface area (Å²) in [5, 5.41) is 15.2. The molecule has 0 saturated carbocycles. The Balaban J connectivity index is 1.95. The van der Waals surface area contributed by atoms with Crippen molar-refractivity contribution >= 4 is 11.0 Å². The van der Waals surface area contributed by atoms with Gasteiger partial charge in [-0.2, -0.15) is 5.10 Å². The number of aliphatic hydroxyl groups excluding tert-OH is 1. The summed E-state index contributed by atoms with van der Waals surface area (Å²) in [5.41, 5.74) is 2.13. The Kier molecular flexibility index (Phi) is 3.06. The van der Waals surface area contributed by atoms with Gasteiger partial charge in [0.2, 0.25) is 0 Å². The second kappa shape index (κ2) is 4.76. The van der Waals surface area contributed by atoms with Gasteiger partial charge in [0, 0.05) is 30.6 Å². The van der Waals surface area contributed by atoms with Gasteiger partial charge in [0.15, 0.2) is 0 Å². The number of hydrogen-bond donors (Lipinski definition) is 1. The summed E-state index contributed by atoms with van der Waals surface area (Å²) >= 11 is 0. The van der Waals surface area contributed by atoms with Gasteiger partial charge in [0.05, 0.1) is 5.69 Å². The summed E-state index contributed by atoms with van der Waals surface area (Å²) in [5.74, 6) is 0.156. The molecule has 3 aromatic rings. The van der Waals surface area contributed by atoms with Gasteiger partial charge < -0.3 is 9.52 Å². The van der Waals surface area contributed by atoms with E-state index < -0.39 is 6.10 Å². The Hall–Kier alpha value is -2.14. The molecule has 2 aromatic heterocycles. The van der Waals surface area contributed by atoms with Crippen molar-refractivity contribution < 1.29 is 13.9 Å². The standard InChI is InChI=1S/C15H15FN2O2/c1-9-12-7-10(16)3-4-14(12)20-15(9)13(19)8-11-5-6-18(2)17-11/h3-7,13,19H,8H2,1-2H3. The maximum atomic E-state index is 13.3. The van der Waals surface area contributed by atoms with Crippen LogP contribution >= 0.6 is 0 Å². The van der Waals surface area contributed by atoms with Crippen LogP contribution in [0.15, 0.2) is 34.9 Å². The number of hydrogen-bond acceptors (Lipinski definition) is 3. The molecule has 0 fully saturated rings. The third kappa shape index (κ3) is 2.20. The number of aromatic nitrogens is 2. The zero-order valence-electron chi connectivity index (χ0n) is 11.3. The van der Waals surface area contributed by atoms with Crippen LogP contribution in [0.5, 0.6) is 0 Å². The molecule has 3 rings (SSSR count). The Morgan fingerprint density at radius 2 is 2.20 bits per heavy atom. The van der Waals surface area contributed by atoms with Crippen molar-refractivity contribution in [3.05, 3.63) is 53.3 Å². The molecule has 2 heterocycles. The Morgan fingerprint density at radius 1 is 1.40 bits per heavy atom. The van der Waals surface area contributed by atoms with Crippen LogP contribution in [0.3, 0.4) is 0 Å². The van der Waals surface area contributed by atoms with Crippen LogP contribution in [0.4, 0.5) is 4.39 Å². The van der Waals surface area contributed by atoms with E-state index in [9.17, 15) is 9.50 Å². The predicted molar refractivity (Wildman–Crippen MR) is 72.8 cm³/mol. The van der Waals surface area contributed by atoms with Crippen molar-refractivity contribution in [1.82, 2.24) is 9.78 Å². The molecule has 0 aliphatic heterocycles. The fraction of sp³-hybridized carbons (Fsp3) is 0.267. The van der Waals surface area contributed by atoms with Crippen LogP contribution in [0.25, 0.3) is 11.0 Å². The third-order valence-corrected chi connectivity index (χ3v) is 3.41. The first-order valence-electron chi connectivity index (χ1n) is 6.39. The molecule has 4 nitrogen and oxygen atoms in total. The number of fused-ring (bicyclic) bond motifs is 1. The van der Waals surface area contributed by atoms with Crippen molar-refractivity contribution in [3.8, 4) is 0 Å². The minimum atomic E-state index is -0.791. The number of benzene rings is 1. The minimum absolute atomic E-state index is 0.313. The molecule has 1 unspecified atom stereocenters. The van der Waals surface area contributed by atoms with Gasteiger partial charge in [-0.25, -0.2) is 4.39 Å². The van der Waals surface area contributed by atoms with E-state index in [0.717, 1.165) is 11.3 Å². The second-order valence-corrected chi connectivity index (χ2v) is 4.93. The predicted octanol–water partition coefficient (Wildman–Crippen LogP) is 2.89. The van der Waals surface area contributed by atoms with Crippen LogP contribution in [0.2, 0.25) is 0 Å². The van der Waals surface area contributed by atoms with E-state index in [1.54, 1.807) is 10.7 Å². The molecule has 0 spiro atoms. The van der Waals surface area contributed by atoms with Crippen LogP contribution in [-0.4, -0.2) is 14.9 Å². The molecule has 0 amide bonds. The number of aryl methyl sites for hydroxylation is 2. The average molecular weight is 274 g/mol. The molecule has 0 aliphatic carbocycles. The first-order chi connectivity index (χ1) is 9.54. The highest BCUT2D eigenvalue weighted by atomic mass is 19.1. The number of rotatable bonds is 3. The largest absolute Gasteiger partial charge is 0.458 e. The SMILES string of the molecule is Cc1c(C(O)Cc2ccn(C)n2)oc2ccc(F)cc12. The lowest BCUT2D eigenvalue weighted by atomic mass is 10.1. The maximum Gasteiger partial charge on any atom is 0.137 e. The van der Waals surface area contributed by atoms with Crippen LogP contribution in [-0.2, 0) is 13.5 Å². The van der Waals surface area contributed by atoms with Gasteiger partial charge in [0.25, 0.3) is 0 Å².